The van der Waals surface area contributed by atoms with Crippen LogP contribution < -0.4 is 0 Å². The Morgan fingerprint density at radius 2 is 2.56 bits per heavy atom. The summed E-state index contributed by atoms with van der Waals surface area (Å²) in [6, 6.07) is 3.93. The maximum absolute atomic E-state index is 10.1. The fraction of sp³-hybridized carbons (Fsp3) is 0.167. The highest BCUT2D eigenvalue weighted by atomic mass is 16.4. The van der Waals surface area contributed by atoms with Crippen LogP contribution in [0.1, 0.15) is 16.3 Å². The largest absolute Gasteiger partial charge is 0.475 e. The average Bonchev–Trinajstić information content (AvgIpc) is 2.14. The Morgan fingerprint density at radius 3 is 2.78 bits per heavy atom. The van der Waals surface area contributed by atoms with E-state index in [0.717, 1.165) is 0 Å². The molecule has 0 atom stereocenters. The van der Waals surface area contributed by atoms with Gasteiger partial charge in [-0.2, -0.15) is 0 Å². The third kappa shape index (κ3) is 1.10. The quantitative estimate of drug-likeness (QED) is 0.611. The van der Waals surface area contributed by atoms with Gasteiger partial charge in [0.25, 0.3) is 0 Å². The highest BCUT2D eigenvalue weighted by Crippen LogP contribution is 2.03. The summed E-state index contributed by atoms with van der Waals surface area (Å²) in [5.74, 6) is -0.650. The highest BCUT2D eigenvalue weighted by Gasteiger charge is 2.05. The van der Waals surface area contributed by atoms with Crippen molar-refractivity contribution >= 4 is 5.97 Å². The third-order valence-corrected chi connectivity index (χ3v) is 0.864. The van der Waals surface area contributed by atoms with Crippen LogP contribution in [0.4, 0.5) is 0 Å². The first kappa shape index (κ1) is 5.88. The smallest absolute Gasteiger partial charge is 0.372 e. The van der Waals surface area contributed by atoms with E-state index in [0.29, 0.717) is 5.76 Å². The number of carboxylic acids is 1. The van der Waals surface area contributed by atoms with Gasteiger partial charge in [-0.3, -0.25) is 0 Å². The fourth-order valence-electron chi connectivity index (χ4n) is 0.492. The summed E-state index contributed by atoms with van der Waals surface area (Å²) in [6.07, 6.45) is 0. The molecule has 1 heterocycles. The van der Waals surface area contributed by atoms with Gasteiger partial charge in [-0.15, -0.1) is 0 Å². The van der Waals surface area contributed by atoms with E-state index in [2.05, 4.69) is 10.5 Å². The molecule has 1 radical (unpaired) electrons. The van der Waals surface area contributed by atoms with Crippen molar-refractivity contribution in [2.24, 2.45) is 0 Å². The van der Waals surface area contributed by atoms with Crippen LogP contribution in [-0.2, 0) is 0 Å². The van der Waals surface area contributed by atoms with Crippen LogP contribution in [0.5, 0.6) is 0 Å². The average molecular weight is 125 g/mol. The molecule has 0 spiro atoms. The first-order valence-electron chi connectivity index (χ1n) is 2.41. The van der Waals surface area contributed by atoms with E-state index in [4.69, 9.17) is 5.11 Å². The molecule has 1 rings (SSSR count). The molecule has 0 saturated heterocycles. The Kier molecular flexibility index (Phi) is 1.26. The number of furan rings is 1. The minimum atomic E-state index is -1.08. The molecular weight excluding hydrogens is 120 g/mol. The Balaban J connectivity index is 2.98. The summed E-state index contributed by atoms with van der Waals surface area (Å²) in [5, 5.41) is 8.27. The topological polar surface area (TPSA) is 50.4 Å². The number of aryl methyl sites for hydroxylation is 1. The lowest BCUT2D eigenvalue weighted by molar-refractivity contribution is 0.0660. The van der Waals surface area contributed by atoms with Gasteiger partial charge in [0.1, 0.15) is 5.76 Å². The van der Waals surface area contributed by atoms with Crippen molar-refractivity contribution in [2.45, 2.75) is 6.92 Å². The van der Waals surface area contributed by atoms with E-state index in [1.807, 2.05) is 0 Å². The molecule has 1 aromatic heterocycles. The lowest BCUT2D eigenvalue weighted by Gasteiger charge is -1.81. The molecule has 1 N–H and O–H groups in total. The number of hydrogen-bond donors (Lipinski definition) is 1. The minimum absolute atomic E-state index is 0.132. The number of rotatable bonds is 1. The summed E-state index contributed by atoms with van der Waals surface area (Å²) in [5.41, 5.74) is 0. The molecule has 0 fully saturated rings. The van der Waals surface area contributed by atoms with Gasteiger partial charge in [-0.1, -0.05) is 0 Å². The molecule has 0 saturated carbocycles. The second kappa shape index (κ2) is 1.93. The van der Waals surface area contributed by atoms with Crippen molar-refractivity contribution in [1.82, 2.24) is 0 Å². The van der Waals surface area contributed by atoms with Gasteiger partial charge >= 0.3 is 5.97 Å². The maximum Gasteiger partial charge on any atom is 0.372 e. The normalized spacial score (nSPS) is 9.44. The third-order valence-electron chi connectivity index (χ3n) is 0.864. The molecule has 3 nitrogen and oxygen atoms in total. The second-order valence-corrected chi connectivity index (χ2v) is 1.64. The number of carboxylic acid groups (broad SMARTS) is 1. The molecular formula is C6H5O3. The van der Waals surface area contributed by atoms with Crippen LogP contribution in [-0.4, -0.2) is 11.1 Å². The molecule has 3 heteroatoms. The zero-order valence-electron chi connectivity index (χ0n) is 4.84. The highest BCUT2D eigenvalue weighted by molar-refractivity contribution is 5.83. The van der Waals surface area contributed by atoms with Crippen molar-refractivity contribution < 1.29 is 14.3 Å². The Morgan fingerprint density at radius 1 is 1.89 bits per heavy atom. The van der Waals surface area contributed by atoms with Crippen molar-refractivity contribution in [3.05, 3.63) is 23.7 Å². The maximum atomic E-state index is 10.1. The van der Waals surface area contributed by atoms with Gasteiger partial charge in [-0.25, -0.2) is 4.79 Å². The van der Waals surface area contributed by atoms with Crippen molar-refractivity contribution in [3.63, 3.8) is 0 Å². The molecule has 0 unspecified atom stereocenters. The summed E-state index contributed by atoms with van der Waals surface area (Å²) in [6.45, 7) is 1.67. The zero-order chi connectivity index (χ0) is 6.85. The predicted octanol–water partition coefficient (Wildman–Crippen LogP) is 1.09. The first-order chi connectivity index (χ1) is 4.20. The Bertz CT molecular complexity index is 224. The second-order valence-electron chi connectivity index (χ2n) is 1.64. The van der Waals surface area contributed by atoms with Crippen LogP contribution in [0.15, 0.2) is 10.5 Å². The van der Waals surface area contributed by atoms with Crippen LogP contribution >= 0.6 is 0 Å². The summed E-state index contributed by atoms with van der Waals surface area (Å²) in [7, 11) is 0. The molecule has 9 heavy (non-hydrogen) atoms. The molecule has 1 aromatic rings. The van der Waals surface area contributed by atoms with Crippen LogP contribution in [0.3, 0.4) is 0 Å². The minimum Gasteiger partial charge on any atom is -0.475 e. The molecule has 47 valence electrons. The number of carbonyl (C=O) groups is 1. The van der Waals surface area contributed by atoms with E-state index in [-0.39, 0.29) is 5.76 Å². The SMILES string of the molecule is Cc1c[c]c(C(=O)O)o1. The van der Waals surface area contributed by atoms with Gasteiger partial charge in [0.15, 0.2) is 0 Å². The van der Waals surface area contributed by atoms with Crippen molar-refractivity contribution in [2.75, 3.05) is 0 Å². The summed E-state index contributed by atoms with van der Waals surface area (Å²) in [4.78, 5) is 10.1. The van der Waals surface area contributed by atoms with E-state index in [9.17, 15) is 4.79 Å². The predicted molar refractivity (Wildman–Crippen MR) is 29.2 cm³/mol. The number of aromatic carboxylic acids is 1. The van der Waals surface area contributed by atoms with E-state index in [1.54, 1.807) is 6.92 Å². The standard InChI is InChI=1S/C6H5O3/c1-4-2-3-5(9-4)6(7)8/h2H,1H3,(H,7,8). The molecule has 0 aromatic carbocycles. The summed E-state index contributed by atoms with van der Waals surface area (Å²) >= 11 is 0. The van der Waals surface area contributed by atoms with Gasteiger partial charge < -0.3 is 9.52 Å². The monoisotopic (exact) mass is 125 g/mol. The summed E-state index contributed by atoms with van der Waals surface area (Å²) < 4.78 is 4.69. The molecule has 0 aliphatic carbocycles. The van der Waals surface area contributed by atoms with Gasteiger partial charge in [0.05, 0.1) is 0 Å². The van der Waals surface area contributed by atoms with Crippen LogP contribution in [0.25, 0.3) is 0 Å². The Hall–Kier alpha value is -1.25. The van der Waals surface area contributed by atoms with E-state index < -0.39 is 5.97 Å². The number of hydrogen-bond acceptors (Lipinski definition) is 2. The van der Waals surface area contributed by atoms with Crippen LogP contribution in [0.2, 0.25) is 0 Å². The van der Waals surface area contributed by atoms with E-state index in [1.165, 1.54) is 6.07 Å². The van der Waals surface area contributed by atoms with Crippen molar-refractivity contribution in [3.8, 4) is 0 Å². The first-order valence-corrected chi connectivity index (χ1v) is 2.41. The van der Waals surface area contributed by atoms with Gasteiger partial charge in [-0.05, 0) is 13.0 Å². The molecule has 0 bridgehead atoms. The van der Waals surface area contributed by atoms with Gasteiger partial charge in [0.2, 0.25) is 5.76 Å². The Labute approximate surface area is 51.9 Å². The lowest BCUT2D eigenvalue weighted by atomic mass is 10.4. The molecule has 0 amide bonds. The molecule has 0 aliphatic rings. The van der Waals surface area contributed by atoms with Crippen molar-refractivity contribution in [1.29, 1.82) is 0 Å². The lowest BCUT2D eigenvalue weighted by Crippen LogP contribution is -1.91. The van der Waals surface area contributed by atoms with E-state index >= 15 is 0 Å². The zero-order valence-corrected chi connectivity index (χ0v) is 4.84. The fourth-order valence-corrected chi connectivity index (χ4v) is 0.492. The van der Waals surface area contributed by atoms with Crippen LogP contribution in [0, 0.1) is 13.0 Å². The molecule has 0 aliphatic heterocycles. The van der Waals surface area contributed by atoms with Gasteiger partial charge in [0, 0.05) is 6.07 Å².